The van der Waals surface area contributed by atoms with Gasteiger partial charge in [-0.1, -0.05) is 35.5 Å². The summed E-state index contributed by atoms with van der Waals surface area (Å²) in [4.78, 5) is 26.0. The Morgan fingerprint density at radius 2 is 1.88 bits per heavy atom. The van der Waals surface area contributed by atoms with Gasteiger partial charge in [0.05, 0.1) is 0 Å². The molecule has 26 heavy (non-hydrogen) atoms. The van der Waals surface area contributed by atoms with E-state index in [-0.39, 0.29) is 5.82 Å². The molecule has 1 aromatic heterocycles. The van der Waals surface area contributed by atoms with Crippen molar-refractivity contribution in [3.63, 3.8) is 0 Å². The van der Waals surface area contributed by atoms with E-state index in [1.165, 1.54) is 17.9 Å². The highest BCUT2D eigenvalue weighted by Gasteiger charge is 2.21. The van der Waals surface area contributed by atoms with Crippen molar-refractivity contribution in [2.45, 2.75) is 19.3 Å². The van der Waals surface area contributed by atoms with E-state index in [1.807, 2.05) is 6.07 Å². The molecule has 138 valence electrons. The minimum atomic E-state index is -0.723. The lowest BCUT2D eigenvalue weighted by Crippen LogP contribution is -2.42. The van der Waals surface area contributed by atoms with Gasteiger partial charge in [-0.15, -0.1) is 0 Å². The highest BCUT2D eigenvalue weighted by molar-refractivity contribution is 6.39. The van der Waals surface area contributed by atoms with E-state index in [1.54, 1.807) is 0 Å². The summed E-state index contributed by atoms with van der Waals surface area (Å²) in [5.74, 6) is -0.720. The third-order valence-corrected chi connectivity index (χ3v) is 4.70. The van der Waals surface area contributed by atoms with Gasteiger partial charge in [0.15, 0.2) is 5.82 Å². The Morgan fingerprint density at radius 1 is 1.12 bits per heavy atom. The van der Waals surface area contributed by atoms with Crippen molar-refractivity contribution in [3.8, 4) is 0 Å². The van der Waals surface area contributed by atoms with Gasteiger partial charge >= 0.3 is 11.8 Å². The highest BCUT2D eigenvalue weighted by atomic mass is 16.5. The minimum Gasteiger partial charge on any atom is -0.363 e. The number of nitrogens with one attached hydrogen (secondary N) is 2. The molecule has 1 aliphatic rings. The quantitative estimate of drug-likeness (QED) is 0.769. The Balaban J connectivity index is 1.32. The standard InChI is InChI=1S/C19H24N4O3/c24-18(19(25)21-17-9-13-26-22-17)20-14-16-7-11-23(12-8-16)10-6-15-4-2-1-3-5-15/h1-5,9,13,16H,6-8,10-12,14H2,(H,20,24)(H,21,22,25). The third kappa shape index (κ3) is 5.42. The predicted octanol–water partition coefficient (Wildman–Crippen LogP) is 1.68. The van der Waals surface area contributed by atoms with Crippen molar-refractivity contribution in [2.24, 2.45) is 5.92 Å². The number of anilines is 1. The molecule has 1 saturated heterocycles. The van der Waals surface area contributed by atoms with E-state index in [2.05, 4.69) is 49.5 Å². The number of carbonyl (C=O) groups excluding carboxylic acids is 2. The van der Waals surface area contributed by atoms with E-state index < -0.39 is 11.8 Å². The fourth-order valence-electron chi connectivity index (χ4n) is 3.11. The van der Waals surface area contributed by atoms with Crippen LogP contribution in [-0.2, 0) is 16.0 Å². The number of nitrogens with zero attached hydrogens (tertiary/aromatic N) is 2. The SMILES string of the molecule is O=C(NCC1CCN(CCc2ccccc2)CC1)C(=O)Nc1ccon1. The Hall–Kier alpha value is -2.67. The second-order valence-corrected chi connectivity index (χ2v) is 6.57. The molecule has 2 N–H and O–H groups in total. The first-order valence-corrected chi connectivity index (χ1v) is 8.96. The second-order valence-electron chi connectivity index (χ2n) is 6.57. The molecule has 1 aliphatic heterocycles. The molecule has 0 spiro atoms. The molecule has 2 heterocycles. The molecule has 0 aliphatic carbocycles. The summed E-state index contributed by atoms with van der Waals surface area (Å²) >= 11 is 0. The summed E-state index contributed by atoms with van der Waals surface area (Å²) in [5, 5.41) is 8.64. The molecular weight excluding hydrogens is 332 g/mol. The molecule has 7 nitrogen and oxygen atoms in total. The molecule has 7 heteroatoms. The maximum atomic E-state index is 11.8. The van der Waals surface area contributed by atoms with E-state index >= 15 is 0 Å². The van der Waals surface area contributed by atoms with Crippen molar-refractivity contribution in [2.75, 3.05) is 31.5 Å². The smallest absolute Gasteiger partial charge is 0.314 e. The number of carbonyl (C=O) groups is 2. The lowest BCUT2D eigenvalue weighted by atomic mass is 9.96. The van der Waals surface area contributed by atoms with Gasteiger partial charge in [-0.25, -0.2) is 0 Å². The Bertz CT molecular complexity index is 695. The number of likely N-dealkylation sites (tertiary alicyclic amines) is 1. The molecule has 0 atom stereocenters. The summed E-state index contributed by atoms with van der Waals surface area (Å²) in [6, 6.07) is 12.0. The Morgan fingerprint density at radius 3 is 2.58 bits per heavy atom. The molecule has 2 aromatic rings. The normalized spacial score (nSPS) is 15.5. The number of rotatable bonds is 6. The molecule has 0 saturated carbocycles. The summed E-state index contributed by atoms with van der Waals surface area (Å²) in [6.45, 7) is 3.64. The molecule has 1 aromatic carbocycles. The largest absolute Gasteiger partial charge is 0.363 e. The Labute approximate surface area is 152 Å². The van der Waals surface area contributed by atoms with Gasteiger partial charge < -0.3 is 14.7 Å². The first-order valence-electron chi connectivity index (χ1n) is 8.96. The van der Waals surface area contributed by atoms with Crippen molar-refractivity contribution in [1.29, 1.82) is 0 Å². The lowest BCUT2D eigenvalue weighted by molar-refractivity contribution is -0.136. The van der Waals surface area contributed by atoms with Crippen LogP contribution in [0.25, 0.3) is 0 Å². The van der Waals surface area contributed by atoms with Crippen molar-refractivity contribution in [1.82, 2.24) is 15.4 Å². The van der Waals surface area contributed by atoms with Gasteiger partial charge in [0.25, 0.3) is 0 Å². The number of amides is 2. The maximum absolute atomic E-state index is 11.8. The molecule has 0 radical (unpaired) electrons. The van der Waals surface area contributed by atoms with Gasteiger partial charge in [-0.3, -0.25) is 14.9 Å². The maximum Gasteiger partial charge on any atom is 0.314 e. The third-order valence-electron chi connectivity index (χ3n) is 4.70. The summed E-state index contributed by atoms with van der Waals surface area (Å²) in [7, 11) is 0. The Kier molecular flexibility index (Phi) is 6.38. The predicted molar refractivity (Wildman–Crippen MR) is 97.5 cm³/mol. The van der Waals surface area contributed by atoms with E-state index in [4.69, 9.17) is 0 Å². The van der Waals surface area contributed by atoms with Crippen LogP contribution >= 0.6 is 0 Å². The van der Waals surface area contributed by atoms with Crippen LogP contribution in [0.5, 0.6) is 0 Å². The van der Waals surface area contributed by atoms with E-state index in [0.29, 0.717) is 12.5 Å². The number of piperidine rings is 1. The molecule has 3 rings (SSSR count). The first kappa shape index (κ1) is 18.1. The fourth-order valence-corrected chi connectivity index (χ4v) is 3.11. The minimum absolute atomic E-state index is 0.233. The van der Waals surface area contributed by atoms with Gasteiger partial charge in [0, 0.05) is 19.2 Å². The first-order chi connectivity index (χ1) is 12.7. The number of hydrogen-bond donors (Lipinski definition) is 2. The zero-order chi connectivity index (χ0) is 18.2. The van der Waals surface area contributed by atoms with E-state index in [9.17, 15) is 9.59 Å². The molecule has 0 unspecified atom stereocenters. The molecule has 2 amide bonds. The average Bonchev–Trinajstić information content (AvgIpc) is 3.19. The zero-order valence-corrected chi connectivity index (χ0v) is 14.7. The molecule has 0 bridgehead atoms. The van der Waals surface area contributed by atoms with Crippen LogP contribution in [0.1, 0.15) is 18.4 Å². The zero-order valence-electron chi connectivity index (χ0n) is 14.7. The summed E-state index contributed by atoms with van der Waals surface area (Å²) in [6.07, 6.45) is 4.45. The van der Waals surface area contributed by atoms with Gasteiger partial charge in [-0.05, 0) is 43.8 Å². The molecule has 1 fully saturated rings. The van der Waals surface area contributed by atoms with Crippen molar-refractivity contribution >= 4 is 17.6 Å². The van der Waals surface area contributed by atoms with Gasteiger partial charge in [-0.2, -0.15) is 0 Å². The highest BCUT2D eigenvalue weighted by Crippen LogP contribution is 2.16. The van der Waals surface area contributed by atoms with Crippen LogP contribution in [-0.4, -0.2) is 48.0 Å². The summed E-state index contributed by atoms with van der Waals surface area (Å²) in [5.41, 5.74) is 1.36. The van der Waals surface area contributed by atoms with E-state index in [0.717, 1.165) is 38.9 Å². The van der Waals surface area contributed by atoms with Crippen LogP contribution < -0.4 is 10.6 Å². The van der Waals surface area contributed by atoms with Crippen molar-refractivity contribution < 1.29 is 14.1 Å². The van der Waals surface area contributed by atoms with Crippen LogP contribution in [0.2, 0.25) is 0 Å². The van der Waals surface area contributed by atoms with Crippen LogP contribution in [0.3, 0.4) is 0 Å². The molecular formula is C19H24N4O3. The lowest BCUT2D eigenvalue weighted by Gasteiger charge is -2.32. The second kappa shape index (κ2) is 9.15. The number of benzene rings is 1. The summed E-state index contributed by atoms with van der Waals surface area (Å²) < 4.78 is 4.61. The van der Waals surface area contributed by atoms with Crippen molar-refractivity contribution in [3.05, 3.63) is 48.2 Å². The van der Waals surface area contributed by atoms with Crippen LogP contribution in [0, 0.1) is 5.92 Å². The van der Waals surface area contributed by atoms with Crippen LogP contribution in [0.4, 0.5) is 5.82 Å². The van der Waals surface area contributed by atoms with Gasteiger partial charge in [0.2, 0.25) is 0 Å². The fraction of sp³-hybridized carbons (Fsp3) is 0.421. The van der Waals surface area contributed by atoms with Gasteiger partial charge in [0.1, 0.15) is 6.26 Å². The topological polar surface area (TPSA) is 87.5 Å². The number of aromatic nitrogens is 1. The number of hydrogen-bond acceptors (Lipinski definition) is 5. The monoisotopic (exact) mass is 356 g/mol. The average molecular weight is 356 g/mol. The van der Waals surface area contributed by atoms with Crippen LogP contribution in [0.15, 0.2) is 47.2 Å².